The monoisotopic (exact) mass is 774 g/mol. The van der Waals surface area contributed by atoms with Crippen LogP contribution in [-0.2, 0) is 52.4 Å². The molecule has 8 N–H and O–H groups in total. The van der Waals surface area contributed by atoms with E-state index in [0.29, 0.717) is 47.1 Å². The van der Waals surface area contributed by atoms with E-state index in [2.05, 4.69) is 9.98 Å². The van der Waals surface area contributed by atoms with Crippen molar-refractivity contribution in [3.63, 3.8) is 0 Å². The molecule has 248 valence electrons. The standard InChI is InChI=1S/2C15H15ClN2O3S.2H2O.Zn/c2*16-13-3-6-15(19)12(9-13)10-18-8-7-11-1-4-14(5-2-11)22(17,20)21;;;/h2*1-6,9-10,19H,7-8H2,(H2,17,20,21);2*1H2;/q;;;;+2/p-2. The first-order chi connectivity index (χ1) is 20.7. The first-order valence-electron chi connectivity index (χ1n) is 12.9. The normalized spacial score (nSPS) is 11.1. The van der Waals surface area contributed by atoms with Crippen LogP contribution in [0.15, 0.2) is 105 Å². The van der Waals surface area contributed by atoms with E-state index in [9.17, 15) is 27.0 Å². The van der Waals surface area contributed by atoms with E-state index in [-0.39, 0.29) is 51.7 Å². The number of aliphatic imine (C=N–C) groups is 2. The van der Waals surface area contributed by atoms with Gasteiger partial charge in [-0.2, -0.15) is 0 Å². The Morgan fingerprint density at radius 2 is 0.915 bits per heavy atom. The third-order valence-corrected chi connectivity index (χ3v) is 8.30. The Balaban J connectivity index is 0.000000846. The summed E-state index contributed by atoms with van der Waals surface area (Å²) in [6, 6.07) is 21.6. The van der Waals surface area contributed by atoms with E-state index in [4.69, 9.17) is 33.5 Å². The number of nitrogens with zero attached hydrogens (tertiary/aromatic N) is 2. The number of primary sulfonamides is 2. The van der Waals surface area contributed by atoms with Crippen molar-refractivity contribution in [2.75, 3.05) is 13.1 Å². The SMILES string of the molecule is NS(=O)(=O)c1ccc(CCN=Cc2cc(Cl)ccc2[O-])cc1.NS(=O)(=O)c1ccc(CCN=Cc2cc(Cl)ccc2[O-])cc1.O.O.[Zn+2]. The van der Waals surface area contributed by atoms with Crippen LogP contribution in [0.3, 0.4) is 0 Å². The molecule has 17 heteroatoms. The summed E-state index contributed by atoms with van der Waals surface area (Å²) in [5.41, 5.74) is 2.74. The van der Waals surface area contributed by atoms with Gasteiger partial charge in [0, 0.05) is 35.6 Å². The minimum Gasteiger partial charge on any atom is -0.872 e. The van der Waals surface area contributed by atoms with Crippen molar-refractivity contribution in [1.82, 2.24) is 0 Å². The zero-order valence-electron chi connectivity index (χ0n) is 24.8. The number of hydrogen-bond donors (Lipinski definition) is 2. The van der Waals surface area contributed by atoms with E-state index in [1.807, 2.05) is 0 Å². The van der Waals surface area contributed by atoms with Crippen molar-refractivity contribution in [3.8, 4) is 11.5 Å². The minimum absolute atomic E-state index is 0. The van der Waals surface area contributed by atoms with Gasteiger partial charge >= 0.3 is 19.5 Å². The van der Waals surface area contributed by atoms with E-state index >= 15 is 0 Å². The molecule has 0 unspecified atom stereocenters. The molecule has 0 atom stereocenters. The molecular weight excluding hydrogens is 745 g/mol. The van der Waals surface area contributed by atoms with Gasteiger partial charge < -0.3 is 21.2 Å². The molecule has 0 bridgehead atoms. The van der Waals surface area contributed by atoms with Gasteiger partial charge in [-0.15, -0.1) is 0 Å². The van der Waals surface area contributed by atoms with Crippen molar-refractivity contribution < 1.29 is 57.5 Å². The van der Waals surface area contributed by atoms with Gasteiger partial charge in [0.25, 0.3) is 0 Å². The first-order valence-corrected chi connectivity index (χ1v) is 16.7. The molecule has 0 aromatic heterocycles. The molecule has 0 aliphatic rings. The predicted octanol–water partition coefficient (Wildman–Crippen LogP) is 1.79. The molecule has 0 aliphatic carbocycles. The maximum atomic E-state index is 11.5. The van der Waals surface area contributed by atoms with Gasteiger partial charge in [-0.1, -0.05) is 71.1 Å². The van der Waals surface area contributed by atoms with Crippen LogP contribution in [0, 0.1) is 0 Å². The van der Waals surface area contributed by atoms with Crippen LogP contribution in [-0.4, -0.2) is 53.3 Å². The summed E-state index contributed by atoms with van der Waals surface area (Å²) in [5, 5.41) is 34.1. The van der Waals surface area contributed by atoms with Crippen LogP contribution in [0.2, 0.25) is 10.0 Å². The summed E-state index contributed by atoms with van der Waals surface area (Å²) in [4.78, 5) is 8.52. The van der Waals surface area contributed by atoms with E-state index in [0.717, 1.165) is 11.1 Å². The third kappa shape index (κ3) is 15.0. The number of hydrogen-bond acceptors (Lipinski definition) is 8. The molecule has 4 aromatic rings. The summed E-state index contributed by atoms with van der Waals surface area (Å²) in [6.07, 6.45) is 4.23. The molecule has 0 saturated heterocycles. The van der Waals surface area contributed by atoms with Gasteiger partial charge in [0.15, 0.2) is 0 Å². The van der Waals surface area contributed by atoms with Crippen LogP contribution in [0.25, 0.3) is 0 Å². The minimum atomic E-state index is -3.67. The van der Waals surface area contributed by atoms with E-state index in [1.165, 1.54) is 61.0 Å². The molecule has 12 nitrogen and oxygen atoms in total. The topological polar surface area (TPSA) is 254 Å². The van der Waals surface area contributed by atoms with Crippen LogP contribution in [0.1, 0.15) is 22.3 Å². The molecular formula is C30H32Cl2N4O8S2Zn. The molecule has 0 amide bonds. The van der Waals surface area contributed by atoms with E-state index < -0.39 is 20.0 Å². The van der Waals surface area contributed by atoms with Crippen LogP contribution in [0.5, 0.6) is 11.5 Å². The van der Waals surface area contributed by atoms with Crippen molar-refractivity contribution in [1.29, 1.82) is 0 Å². The maximum absolute atomic E-state index is 11.5. The Morgan fingerprint density at radius 1 is 0.596 bits per heavy atom. The Bertz CT molecular complexity index is 1720. The molecule has 4 rings (SSSR count). The summed E-state index contributed by atoms with van der Waals surface area (Å²) in [6.45, 7) is 0.946. The summed E-state index contributed by atoms with van der Waals surface area (Å²) < 4.78 is 44.5. The van der Waals surface area contributed by atoms with Crippen molar-refractivity contribution in [3.05, 3.63) is 117 Å². The number of rotatable bonds is 10. The second kappa shape index (κ2) is 20.2. The first kappa shape index (κ1) is 43.8. The Labute approximate surface area is 296 Å². The van der Waals surface area contributed by atoms with Crippen LogP contribution in [0.4, 0.5) is 0 Å². The Hall–Kier alpha value is -3.24. The third-order valence-electron chi connectivity index (χ3n) is 5.97. The molecule has 0 fully saturated rings. The molecule has 0 spiro atoms. The molecule has 4 aromatic carbocycles. The molecule has 47 heavy (non-hydrogen) atoms. The molecule has 0 heterocycles. The van der Waals surface area contributed by atoms with Gasteiger partial charge in [-0.05, 0) is 83.6 Å². The molecule has 0 radical (unpaired) electrons. The predicted molar refractivity (Wildman–Crippen MR) is 177 cm³/mol. The zero-order valence-corrected chi connectivity index (χ0v) is 31.0. The fourth-order valence-corrected chi connectivity index (χ4v) is 5.04. The summed E-state index contributed by atoms with van der Waals surface area (Å²) in [5.74, 6) is -0.267. The largest absolute Gasteiger partial charge is 2.00 e. The van der Waals surface area contributed by atoms with Gasteiger partial charge in [0.1, 0.15) is 0 Å². The number of benzene rings is 4. The Kier molecular flexibility index (Phi) is 18.8. The van der Waals surface area contributed by atoms with Gasteiger partial charge in [0.2, 0.25) is 20.0 Å². The maximum Gasteiger partial charge on any atom is 2.00 e. The number of halogens is 2. The average Bonchev–Trinajstić information content (AvgIpc) is 2.97. The molecule has 0 aliphatic heterocycles. The second-order valence-electron chi connectivity index (χ2n) is 9.31. The molecule has 0 saturated carbocycles. The summed E-state index contributed by atoms with van der Waals surface area (Å²) >= 11 is 11.6. The smallest absolute Gasteiger partial charge is 0.872 e. The van der Waals surface area contributed by atoms with Gasteiger partial charge in [-0.25, -0.2) is 27.1 Å². The number of sulfonamides is 2. The van der Waals surface area contributed by atoms with Gasteiger partial charge in [-0.3, -0.25) is 9.98 Å². The zero-order chi connectivity index (χ0) is 32.3. The average molecular weight is 777 g/mol. The second-order valence-corrected chi connectivity index (χ2v) is 13.3. The Morgan fingerprint density at radius 3 is 1.21 bits per heavy atom. The van der Waals surface area contributed by atoms with Gasteiger partial charge in [0.05, 0.1) is 9.79 Å². The van der Waals surface area contributed by atoms with Crippen LogP contribution < -0.4 is 20.5 Å². The van der Waals surface area contributed by atoms with Crippen molar-refractivity contribution in [2.24, 2.45) is 20.3 Å². The van der Waals surface area contributed by atoms with Crippen molar-refractivity contribution in [2.45, 2.75) is 22.6 Å². The quantitative estimate of drug-likeness (QED) is 0.179. The number of nitrogens with two attached hydrogens (primary N) is 2. The summed E-state index contributed by atoms with van der Waals surface area (Å²) in [7, 11) is -7.33. The van der Waals surface area contributed by atoms with E-state index in [1.54, 1.807) is 36.4 Å². The fraction of sp³-hybridized carbons (Fsp3) is 0.133. The van der Waals surface area contributed by atoms with Crippen LogP contribution >= 0.6 is 23.2 Å². The fourth-order valence-electron chi connectivity index (χ4n) is 3.65. The van der Waals surface area contributed by atoms with Crippen molar-refractivity contribution >= 4 is 55.7 Å².